The van der Waals surface area contributed by atoms with E-state index in [1.807, 2.05) is 37.3 Å². The van der Waals surface area contributed by atoms with Gasteiger partial charge >= 0.3 is 0 Å². The standard InChI is InChI=1S/C18H24N4O2.ClH/c1-2-14(22-18(23)16-9-8-13(10-19)24-16)17-20-11-15(21-17)12-6-4-3-5-7-12;/h3-7,11,13-14,16H,2,8-10,19H2,1H3,(H,20,21)(H,22,23);1H/t13-,14?,16+;/m1./s1. The minimum absolute atomic E-state index is 0. The van der Waals surface area contributed by atoms with Crippen LogP contribution in [0, 0.1) is 0 Å². The Morgan fingerprint density at radius 1 is 1.40 bits per heavy atom. The number of carbonyl (C=O) groups is 1. The fourth-order valence-corrected chi connectivity index (χ4v) is 2.98. The normalized spacial score (nSPS) is 20.7. The summed E-state index contributed by atoms with van der Waals surface area (Å²) >= 11 is 0. The van der Waals surface area contributed by atoms with Crippen molar-refractivity contribution in [2.45, 2.75) is 44.4 Å². The van der Waals surface area contributed by atoms with Crippen molar-refractivity contribution < 1.29 is 9.53 Å². The second kappa shape index (κ2) is 8.99. The molecule has 1 aliphatic rings. The van der Waals surface area contributed by atoms with E-state index < -0.39 is 6.10 Å². The Morgan fingerprint density at radius 2 is 2.16 bits per heavy atom. The highest BCUT2D eigenvalue weighted by Crippen LogP contribution is 2.23. The predicted octanol–water partition coefficient (Wildman–Crippen LogP) is 2.57. The second-order valence-electron chi connectivity index (χ2n) is 6.08. The minimum atomic E-state index is -0.406. The molecule has 0 spiro atoms. The van der Waals surface area contributed by atoms with Crippen molar-refractivity contribution in [1.82, 2.24) is 15.3 Å². The molecule has 1 amide bonds. The van der Waals surface area contributed by atoms with E-state index in [2.05, 4.69) is 15.3 Å². The van der Waals surface area contributed by atoms with Crippen LogP contribution in [0.1, 0.15) is 38.1 Å². The third kappa shape index (κ3) is 4.60. The van der Waals surface area contributed by atoms with Gasteiger partial charge in [0.2, 0.25) is 5.91 Å². The van der Waals surface area contributed by atoms with Crippen molar-refractivity contribution in [1.29, 1.82) is 0 Å². The van der Waals surface area contributed by atoms with Crippen LogP contribution in [0.2, 0.25) is 0 Å². The Kier molecular flexibility index (Phi) is 6.99. The van der Waals surface area contributed by atoms with E-state index in [1.165, 1.54) is 0 Å². The summed E-state index contributed by atoms with van der Waals surface area (Å²) in [4.78, 5) is 20.2. The molecule has 0 saturated carbocycles. The summed E-state index contributed by atoms with van der Waals surface area (Å²) in [6.45, 7) is 2.48. The number of aromatic nitrogens is 2. The zero-order valence-corrected chi connectivity index (χ0v) is 15.1. The van der Waals surface area contributed by atoms with Gasteiger partial charge in [0.1, 0.15) is 11.9 Å². The van der Waals surface area contributed by atoms with Crippen LogP contribution in [0.3, 0.4) is 0 Å². The molecule has 25 heavy (non-hydrogen) atoms. The summed E-state index contributed by atoms with van der Waals surface area (Å²) in [5.41, 5.74) is 7.62. The molecule has 3 atom stereocenters. The highest BCUT2D eigenvalue weighted by Gasteiger charge is 2.31. The first kappa shape index (κ1) is 19.4. The van der Waals surface area contributed by atoms with Gasteiger partial charge < -0.3 is 20.8 Å². The molecule has 1 aromatic heterocycles. The first-order valence-corrected chi connectivity index (χ1v) is 8.47. The van der Waals surface area contributed by atoms with Crippen LogP contribution in [0.4, 0.5) is 0 Å². The van der Waals surface area contributed by atoms with Crippen LogP contribution in [-0.2, 0) is 9.53 Å². The van der Waals surface area contributed by atoms with Gasteiger partial charge in [0.15, 0.2) is 0 Å². The summed E-state index contributed by atoms with van der Waals surface area (Å²) in [5.74, 6) is 0.675. The molecular formula is C18H25ClN4O2. The number of hydrogen-bond acceptors (Lipinski definition) is 4. The van der Waals surface area contributed by atoms with Crippen molar-refractivity contribution in [3.05, 3.63) is 42.4 Å². The van der Waals surface area contributed by atoms with E-state index in [0.29, 0.717) is 6.54 Å². The van der Waals surface area contributed by atoms with Crippen molar-refractivity contribution in [3.63, 3.8) is 0 Å². The van der Waals surface area contributed by atoms with Gasteiger partial charge in [0, 0.05) is 6.54 Å². The number of nitrogens with two attached hydrogens (primary N) is 1. The monoisotopic (exact) mass is 364 g/mol. The first-order chi connectivity index (χ1) is 11.7. The number of halogens is 1. The number of imidazole rings is 1. The van der Waals surface area contributed by atoms with E-state index >= 15 is 0 Å². The zero-order valence-electron chi connectivity index (χ0n) is 14.3. The number of nitrogens with one attached hydrogen (secondary N) is 2. The topological polar surface area (TPSA) is 93.0 Å². The van der Waals surface area contributed by atoms with Crippen LogP contribution >= 0.6 is 12.4 Å². The molecule has 3 rings (SSSR count). The molecule has 0 radical (unpaired) electrons. The van der Waals surface area contributed by atoms with Gasteiger partial charge in [-0.25, -0.2) is 4.98 Å². The molecular weight excluding hydrogens is 340 g/mol. The lowest BCUT2D eigenvalue weighted by Gasteiger charge is -2.18. The number of amides is 1. The summed E-state index contributed by atoms with van der Waals surface area (Å²) in [7, 11) is 0. The zero-order chi connectivity index (χ0) is 16.9. The van der Waals surface area contributed by atoms with Crippen molar-refractivity contribution in [2.75, 3.05) is 6.54 Å². The molecule has 1 aliphatic heterocycles. The summed E-state index contributed by atoms with van der Waals surface area (Å²) in [5, 5.41) is 3.04. The second-order valence-corrected chi connectivity index (χ2v) is 6.08. The van der Waals surface area contributed by atoms with E-state index in [4.69, 9.17) is 10.5 Å². The molecule has 1 unspecified atom stereocenters. The van der Waals surface area contributed by atoms with Crippen LogP contribution in [-0.4, -0.2) is 34.6 Å². The lowest BCUT2D eigenvalue weighted by atomic mass is 10.1. The third-order valence-corrected chi connectivity index (χ3v) is 4.40. The molecule has 1 aromatic carbocycles. The average molecular weight is 365 g/mol. The van der Waals surface area contributed by atoms with Gasteiger partial charge in [-0.1, -0.05) is 37.3 Å². The quantitative estimate of drug-likeness (QED) is 0.734. The molecule has 4 N–H and O–H groups in total. The van der Waals surface area contributed by atoms with Gasteiger partial charge in [-0.2, -0.15) is 0 Å². The Morgan fingerprint density at radius 3 is 2.80 bits per heavy atom. The van der Waals surface area contributed by atoms with E-state index in [1.54, 1.807) is 6.20 Å². The SMILES string of the molecule is CCC(NC(=O)[C@@H]1CC[C@H](CN)O1)c1ncc(-c2ccccc2)[nH]1.Cl. The average Bonchev–Trinajstić information content (AvgIpc) is 3.29. The highest BCUT2D eigenvalue weighted by molar-refractivity contribution is 5.85. The number of carbonyl (C=O) groups excluding carboxylic acids is 1. The lowest BCUT2D eigenvalue weighted by molar-refractivity contribution is -0.132. The maximum atomic E-state index is 12.4. The maximum Gasteiger partial charge on any atom is 0.249 e. The fourth-order valence-electron chi connectivity index (χ4n) is 2.98. The molecule has 0 bridgehead atoms. The van der Waals surface area contributed by atoms with Gasteiger partial charge in [-0.05, 0) is 24.8 Å². The highest BCUT2D eigenvalue weighted by atomic mass is 35.5. The molecule has 1 fully saturated rings. The number of nitrogens with zero attached hydrogens (tertiary/aromatic N) is 1. The number of hydrogen-bond donors (Lipinski definition) is 3. The first-order valence-electron chi connectivity index (χ1n) is 8.47. The van der Waals surface area contributed by atoms with Gasteiger partial charge in [0.25, 0.3) is 0 Å². The number of rotatable bonds is 6. The van der Waals surface area contributed by atoms with Crippen molar-refractivity contribution in [2.24, 2.45) is 5.73 Å². The summed E-state index contributed by atoms with van der Waals surface area (Å²) in [6.07, 6.45) is 3.70. The molecule has 1 saturated heterocycles. The van der Waals surface area contributed by atoms with Crippen molar-refractivity contribution >= 4 is 18.3 Å². The van der Waals surface area contributed by atoms with Crippen LogP contribution in [0.15, 0.2) is 36.5 Å². The largest absolute Gasteiger partial charge is 0.364 e. The molecule has 7 heteroatoms. The third-order valence-electron chi connectivity index (χ3n) is 4.40. The van der Waals surface area contributed by atoms with Crippen LogP contribution in [0.5, 0.6) is 0 Å². The number of ether oxygens (including phenoxy) is 1. The van der Waals surface area contributed by atoms with Crippen LogP contribution < -0.4 is 11.1 Å². The number of aromatic amines is 1. The van der Waals surface area contributed by atoms with Gasteiger partial charge in [0.05, 0.1) is 24.0 Å². The van der Waals surface area contributed by atoms with Gasteiger partial charge in [-0.15, -0.1) is 12.4 Å². The van der Waals surface area contributed by atoms with E-state index in [9.17, 15) is 4.79 Å². The smallest absolute Gasteiger partial charge is 0.249 e. The van der Waals surface area contributed by atoms with E-state index in [0.717, 1.165) is 36.3 Å². The molecule has 2 heterocycles. The Bertz CT molecular complexity index is 677. The van der Waals surface area contributed by atoms with Crippen molar-refractivity contribution in [3.8, 4) is 11.3 Å². The molecule has 2 aromatic rings. The Labute approximate surface area is 154 Å². The molecule has 0 aliphatic carbocycles. The number of benzene rings is 1. The predicted molar refractivity (Wildman–Crippen MR) is 99.4 cm³/mol. The van der Waals surface area contributed by atoms with E-state index in [-0.39, 0.29) is 30.5 Å². The molecule has 136 valence electrons. The minimum Gasteiger partial charge on any atom is -0.364 e. The van der Waals surface area contributed by atoms with Crippen LogP contribution in [0.25, 0.3) is 11.3 Å². The fraction of sp³-hybridized carbons (Fsp3) is 0.444. The molecule has 6 nitrogen and oxygen atoms in total. The Hall–Kier alpha value is -1.89. The lowest BCUT2D eigenvalue weighted by Crippen LogP contribution is -2.38. The maximum absolute atomic E-state index is 12.4. The summed E-state index contributed by atoms with van der Waals surface area (Å²) < 4.78 is 5.66. The Balaban J connectivity index is 0.00000225. The number of H-pyrrole nitrogens is 1. The summed E-state index contributed by atoms with van der Waals surface area (Å²) in [6, 6.07) is 9.84. The van der Waals surface area contributed by atoms with Gasteiger partial charge in [-0.3, -0.25) is 4.79 Å².